The van der Waals surface area contributed by atoms with Crippen molar-refractivity contribution in [1.82, 2.24) is 0 Å². The first-order valence-corrected chi connectivity index (χ1v) is 6.36. The van der Waals surface area contributed by atoms with E-state index >= 15 is 0 Å². The van der Waals surface area contributed by atoms with Crippen molar-refractivity contribution in [3.05, 3.63) is 0 Å². The molecule has 3 nitrogen and oxygen atoms in total. The SMILES string of the molecule is CCCCSCC(N)(C(=O)O)C1CC1. The third-order valence-corrected chi connectivity index (χ3v) is 3.95. The summed E-state index contributed by atoms with van der Waals surface area (Å²) in [5.41, 5.74) is 4.95. The maximum atomic E-state index is 11.0. The van der Waals surface area contributed by atoms with Gasteiger partial charge in [0.15, 0.2) is 0 Å². The van der Waals surface area contributed by atoms with E-state index in [0.29, 0.717) is 5.75 Å². The summed E-state index contributed by atoms with van der Waals surface area (Å²) < 4.78 is 0. The van der Waals surface area contributed by atoms with Gasteiger partial charge in [0, 0.05) is 5.75 Å². The minimum atomic E-state index is -0.960. The molecule has 0 amide bonds. The van der Waals surface area contributed by atoms with Crippen LogP contribution in [0.2, 0.25) is 0 Å². The Morgan fingerprint density at radius 1 is 1.64 bits per heavy atom. The second-order valence-electron chi connectivity index (χ2n) is 4.03. The van der Waals surface area contributed by atoms with Gasteiger partial charge in [0.2, 0.25) is 0 Å². The Bertz CT molecular complexity index is 206. The molecular weight excluding hydrogens is 198 g/mol. The van der Waals surface area contributed by atoms with E-state index in [0.717, 1.165) is 31.4 Å². The molecule has 1 aliphatic carbocycles. The minimum absolute atomic E-state index is 0.217. The number of hydrogen-bond acceptors (Lipinski definition) is 3. The zero-order valence-corrected chi connectivity index (χ0v) is 9.48. The molecule has 1 atom stereocenters. The highest BCUT2D eigenvalue weighted by Crippen LogP contribution is 2.40. The van der Waals surface area contributed by atoms with Crippen molar-refractivity contribution in [2.24, 2.45) is 11.7 Å². The zero-order chi connectivity index (χ0) is 10.6. The van der Waals surface area contributed by atoms with Crippen LogP contribution < -0.4 is 5.73 Å². The molecule has 3 N–H and O–H groups in total. The molecule has 1 saturated carbocycles. The van der Waals surface area contributed by atoms with E-state index in [2.05, 4.69) is 6.92 Å². The first-order valence-electron chi connectivity index (χ1n) is 5.21. The molecule has 14 heavy (non-hydrogen) atoms. The molecule has 0 radical (unpaired) electrons. The van der Waals surface area contributed by atoms with Gasteiger partial charge in [-0.1, -0.05) is 13.3 Å². The fourth-order valence-electron chi connectivity index (χ4n) is 1.44. The predicted molar refractivity (Wildman–Crippen MR) is 59.5 cm³/mol. The lowest BCUT2D eigenvalue weighted by Crippen LogP contribution is -2.52. The molecule has 0 aliphatic heterocycles. The van der Waals surface area contributed by atoms with Crippen LogP contribution in [0.3, 0.4) is 0 Å². The molecule has 1 aliphatic rings. The molecule has 1 rings (SSSR count). The topological polar surface area (TPSA) is 63.3 Å². The second kappa shape index (κ2) is 5.03. The Morgan fingerprint density at radius 2 is 2.29 bits per heavy atom. The van der Waals surface area contributed by atoms with Crippen molar-refractivity contribution >= 4 is 17.7 Å². The van der Waals surface area contributed by atoms with Crippen LogP contribution in [0.1, 0.15) is 32.6 Å². The van der Waals surface area contributed by atoms with Crippen LogP contribution in [0.15, 0.2) is 0 Å². The summed E-state index contributed by atoms with van der Waals surface area (Å²) in [5, 5.41) is 9.06. The van der Waals surface area contributed by atoms with Crippen LogP contribution >= 0.6 is 11.8 Å². The molecule has 0 heterocycles. The van der Waals surface area contributed by atoms with Crippen LogP contribution in [0.4, 0.5) is 0 Å². The average molecular weight is 217 g/mol. The summed E-state index contributed by atoms with van der Waals surface area (Å²) in [7, 11) is 0. The van der Waals surface area contributed by atoms with Crippen LogP contribution in [0.25, 0.3) is 0 Å². The largest absolute Gasteiger partial charge is 0.480 e. The average Bonchev–Trinajstić information content (AvgIpc) is 2.95. The summed E-state index contributed by atoms with van der Waals surface area (Å²) in [6, 6.07) is 0. The molecular formula is C10H19NO2S. The first-order chi connectivity index (χ1) is 6.61. The standard InChI is InChI=1S/C10H19NO2S/c1-2-3-6-14-7-10(11,9(12)13)8-4-5-8/h8H,2-7,11H2,1H3,(H,12,13). The van der Waals surface area contributed by atoms with Gasteiger partial charge in [-0.3, -0.25) is 4.79 Å². The number of thioether (sulfide) groups is 1. The zero-order valence-electron chi connectivity index (χ0n) is 8.66. The third-order valence-electron chi connectivity index (χ3n) is 2.69. The number of carbonyl (C=O) groups is 1. The molecule has 4 heteroatoms. The van der Waals surface area contributed by atoms with Crippen LogP contribution in [-0.2, 0) is 4.79 Å². The van der Waals surface area contributed by atoms with Crippen LogP contribution in [-0.4, -0.2) is 28.1 Å². The lowest BCUT2D eigenvalue weighted by molar-refractivity contribution is -0.143. The summed E-state index contributed by atoms with van der Waals surface area (Å²) >= 11 is 1.68. The fourth-order valence-corrected chi connectivity index (χ4v) is 2.77. The van der Waals surface area contributed by atoms with E-state index in [-0.39, 0.29) is 5.92 Å². The summed E-state index contributed by atoms with van der Waals surface area (Å²) in [6.07, 6.45) is 4.26. The molecule has 0 aromatic carbocycles. The Hall–Kier alpha value is -0.220. The van der Waals surface area contributed by atoms with Gasteiger partial charge in [-0.25, -0.2) is 0 Å². The Kier molecular flexibility index (Phi) is 4.26. The van der Waals surface area contributed by atoms with Crippen molar-refractivity contribution in [1.29, 1.82) is 0 Å². The highest BCUT2D eigenvalue weighted by Gasteiger charge is 2.47. The maximum absolute atomic E-state index is 11.0. The van der Waals surface area contributed by atoms with Crippen molar-refractivity contribution in [3.8, 4) is 0 Å². The van der Waals surface area contributed by atoms with Gasteiger partial charge in [0.05, 0.1) is 0 Å². The number of carboxylic acids is 1. The number of unbranched alkanes of at least 4 members (excludes halogenated alkanes) is 1. The van der Waals surface area contributed by atoms with E-state index in [1.54, 1.807) is 11.8 Å². The van der Waals surface area contributed by atoms with Gasteiger partial charge in [-0.05, 0) is 30.9 Å². The van der Waals surface area contributed by atoms with Gasteiger partial charge in [0.1, 0.15) is 5.54 Å². The summed E-state index contributed by atoms with van der Waals surface area (Å²) in [6.45, 7) is 2.13. The number of aliphatic carboxylic acids is 1. The van der Waals surface area contributed by atoms with Crippen molar-refractivity contribution < 1.29 is 9.90 Å². The van der Waals surface area contributed by atoms with E-state index in [1.807, 2.05) is 0 Å². The quantitative estimate of drug-likeness (QED) is 0.637. The minimum Gasteiger partial charge on any atom is -0.480 e. The van der Waals surface area contributed by atoms with E-state index in [1.165, 1.54) is 0 Å². The van der Waals surface area contributed by atoms with Gasteiger partial charge in [0.25, 0.3) is 0 Å². The van der Waals surface area contributed by atoms with Gasteiger partial charge in [-0.15, -0.1) is 0 Å². The molecule has 1 fully saturated rings. The number of rotatable bonds is 7. The molecule has 82 valence electrons. The van der Waals surface area contributed by atoms with Gasteiger partial charge in [-0.2, -0.15) is 11.8 Å². The molecule has 0 aromatic heterocycles. The normalized spacial score (nSPS) is 20.4. The van der Waals surface area contributed by atoms with E-state index < -0.39 is 11.5 Å². The highest BCUT2D eigenvalue weighted by molar-refractivity contribution is 7.99. The number of hydrogen-bond donors (Lipinski definition) is 2. The third kappa shape index (κ3) is 2.89. The van der Waals surface area contributed by atoms with Crippen molar-refractivity contribution in [2.75, 3.05) is 11.5 Å². The van der Waals surface area contributed by atoms with Crippen LogP contribution in [0.5, 0.6) is 0 Å². The Balaban J connectivity index is 2.32. The van der Waals surface area contributed by atoms with Gasteiger partial charge < -0.3 is 10.8 Å². The predicted octanol–water partition coefficient (Wildman–Crippen LogP) is 1.71. The Labute approximate surface area is 89.4 Å². The van der Waals surface area contributed by atoms with E-state index in [4.69, 9.17) is 10.8 Å². The van der Waals surface area contributed by atoms with E-state index in [9.17, 15) is 4.79 Å². The molecule has 0 spiro atoms. The van der Waals surface area contributed by atoms with Crippen molar-refractivity contribution in [3.63, 3.8) is 0 Å². The monoisotopic (exact) mass is 217 g/mol. The van der Waals surface area contributed by atoms with Crippen molar-refractivity contribution in [2.45, 2.75) is 38.1 Å². The first kappa shape index (κ1) is 11.9. The second-order valence-corrected chi connectivity index (χ2v) is 5.13. The number of nitrogens with two attached hydrogens (primary N) is 1. The smallest absolute Gasteiger partial charge is 0.324 e. The summed E-state index contributed by atoms with van der Waals surface area (Å²) in [5.74, 6) is 0.973. The highest BCUT2D eigenvalue weighted by atomic mass is 32.2. The lowest BCUT2D eigenvalue weighted by atomic mass is 9.98. The van der Waals surface area contributed by atoms with Gasteiger partial charge >= 0.3 is 5.97 Å². The molecule has 0 bridgehead atoms. The number of carboxylic acid groups (broad SMARTS) is 1. The maximum Gasteiger partial charge on any atom is 0.324 e. The van der Waals surface area contributed by atoms with Crippen LogP contribution in [0, 0.1) is 5.92 Å². The summed E-state index contributed by atoms with van der Waals surface area (Å²) in [4.78, 5) is 11.0. The molecule has 0 saturated heterocycles. The lowest BCUT2D eigenvalue weighted by Gasteiger charge is -2.23. The molecule has 0 aromatic rings. The fraction of sp³-hybridized carbons (Fsp3) is 0.900. The Morgan fingerprint density at radius 3 is 2.71 bits per heavy atom. The molecule has 1 unspecified atom stereocenters.